The van der Waals surface area contributed by atoms with E-state index in [1.807, 2.05) is 0 Å². The van der Waals surface area contributed by atoms with E-state index < -0.39 is 10.8 Å². The van der Waals surface area contributed by atoms with Gasteiger partial charge < -0.3 is 4.90 Å². The first kappa shape index (κ1) is 42.1. The lowest BCUT2D eigenvalue weighted by Gasteiger charge is -2.35. The van der Waals surface area contributed by atoms with Crippen molar-refractivity contribution in [2.75, 3.05) is 4.90 Å². The Morgan fingerprint density at radius 3 is 1.26 bits per heavy atom. The van der Waals surface area contributed by atoms with E-state index in [4.69, 9.17) is 0 Å². The summed E-state index contributed by atoms with van der Waals surface area (Å²) < 4.78 is 0. The van der Waals surface area contributed by atoms with E-state index in [-0.39, 0.29) is 5.41 Å². The maximum Gasteiger partial charge on any atom is 0.0714 e. The highest BCUT2D eigenvalue weighted by Gasteiger charge is 2.48. The van der Waals surface area contributed by atoms with Crippen molar-refractivity contribution in [2.24, 2.45) is 0 Å². The molecule has 0 saturated carbocycles. The van der Waals surface area contributed by atoms with Crippen molar-refractivity contribution < 1.29 is 0 Å². The van der Waals surface area contributed by atoms with E-state index in [0.717, 1.165) is 17.1 Å². The van der Waals surface area contributed by atoms with Gasteiger partial charge in [0.05, 0.1) is 16.5 Å². The summed E-state index contributed by atoms with van der Waals surface area (Å²) in [5.41, 5.74) is 25.3. The van der Waals surface area contributed by atoms with Crippen molar-refractivity contribution >= 4 is 17.1 Å². The molecule has 14 rings (SSSR count). The van der Waals surface area contributed by atoms with E-state index in [9.17, 15) is 0 Å². The van der Waals surface area contributed by atoms with E-state index in [2.05, 4.69) is 292 Å². The molecule has 0 bridgehead atoms. The van der Waals surface area contributed by atoms with Gasteiger partial charge in [-0.25, -0.2) is 0 Å². The van der Waals surface area contributed by atoms with E-state index in [1.165, 1.54) is 100 Å². The summed E-state index contributed by atoms with van der Waals surface area (Å²) in [6.45, 7) is 4.74. The van der Waals surface area contributed by atoms with Crippen molar-refractivity contribution in [2.45, 2.75) is 30.1 Å². The number of hydrogen-bond donors (Lipinski definition) is 0. The number of anilines is 3. The number of hydrogen-bond acceptors (Lipinski definition) is 1. The van der Waals surface area contributed by atoms with Gasteiger partial charge in [-0.15, -0.1) is 0 Å². The molecule has 340 valence electrons. The van der Waals surface area contributed by atoms with Crippen molar-refractivity contribution in [3.8, 4) is 44.5 Å². The van der Waals surface area contributed by atoms with Gasteiger partial charge in [-0.1, -0.05) is 250 Å². The number of rotatable bonds is 8. The number of nitrogens with zero attached hydrogens (tertiary/aromatic N) is 1. The van der Waals surface area contributed by atoms with Gasteiger partial charge in [0.1, 0.15) is 0 Å². The van der Waals surface area contributed by atoms with Gasteiger partial charge in [0.2, 0.25) is 0 Å². The smallest absolute Gasteiger partial charge is 0.0714 e. The molecule has 3 aliphatic rings. The molecule has 0 amide bonds. The highest BCUT2D eigenvalue weighted by molar-refractivity contribution is 5.98. The zero-order chi connectivity index (χ0) is 48.0. The quantitative estimate of drug-likeness (QED) is 0.147. The fourth-order valence-electron chi connectivity index (χ4n) is 13.4. The molecule has 0 aromatic heterocycles. The second-order valence-electron chi connectivity index (χ2n) is 20.3. The Morgan fingerprint density at radius 1 is 0.264 bits per heavy atom. The standard InChI is InChI=1S/C71H51N/c1-69(2)61-34-16-12-30-56(61)59-45-40-49(47-66(59)69)48-22-20-29-55(46-48)72(54-43-41-53(42-44-54)70(50-23-6-3-7-24-50)62-35-17-13-31-57(62)58-32-14-18-36-63(58)70)67-39-21-38-65-68(67)60-33-15-19-37-64(60)71(65,51-25-8-4-9-26-51)52-27-10-5-11-28-52/h3-47H,1-2H3. The van der Waals surface area contributed by atoms with Gasteiger partial charge in [-0.3, -0.25) is 0 Å². The lowest BCUT2D eigenvalue weighted by atomic mass is 9.67. The van der Waals surface area contributed by atoms with E-state index >= 15 is 0 Å². The monoisotopic (exact) mass is 917 g/mol. The molecular formula is C71H51N. The van der Waals surface area contributed by atoms with Crippen molar-refractivity contribution in [3.63, 3.8) is 0 Å². The Kier molecular flexibility index (Phi) is 9.44. The van der Waals surface area contributed by atoms with Crippen LogP contribution in [0.4, 0.5) is 17.1 Å². The van der Waals surface area contributed by atoms with Crippen LogP contribution < -0.4 is 4.90 Å². The predicted octanol–water partition coefficient (Wildman–Crippen LogP) is 17.9. The predicted molar refractivity (Wildman–Crippen MR) is 299 cm³/mol. The molecule has 0 aliphatic heterocycles. The summed E-state index contributed by atoms with van der Waals surface area (Å²) >= 11 is 0. The third kappa shape index (κ3) is 5.89. The van der Waals surface area contributed by atoms with Gasteiger partial charge in [0, 0.05) is 22.4 Å². The topological polar surface area (TPSA) is 3.24 Å². The maximum absolute atomic E-state index is 2.52. The summed E-state index contributed by atoms with van der Waals surface area (Å²) in [7, 11) is 0. The van der Waals surface area contributed by atoms with Crippen LogP contribution in [0.25, 0.3) is 44.5 Å². The molecule has 11 aromatic rings. The fraction of sp³-hybridized carbons (Fsp3) is 0.0704. The first-order chi connectivity index (χ1) is 35.5. The van der Waals surface area contributed by atoms with Crippen LogP contribution in [0.3, 0.4) is 0 Å². The molecule has 0 heterocycles. The molecule has 11 aromatic carbocycles. The normalized spacial score (nSPS) is 14.6. The SMILES string of the molecule is CC1(C)c2ccccc2-c2ccc(-c3cccc(N(c4ccc(C5(c6ccccc6)c6ccccc6-c6ccccc65)cc4)c4cccc5c4-c4ccccc4C5(c4ccccc4)c4ccccc4)c3)cc21. The zero-order valence-corrected chi connectivity index (χ0v) is 40.4. The molecule has 0 radical (unpaired) electrons. The number of fused-ring (bicyclic) bond motifs is 9. The molecule has 0 saturated heterocycles. The average Bonchev–Trinajstić information content (AvgIpc) is 4.01. The molecule has 0 spiro atoms. The van der Waals surface area contributed by atoms with Crippen LogP contribution in [0.2, 0.25) is 0 Å². The summed E-state index contributed by atoms with van der Waals surface area (Å²) in [5, 5.41) is 0. The average molecular weight is 918 g/mol. The van der Waals surface area contributed by atoms with Crippen LogP contribution in [-0.2, 0) is 16.2 Å². The second kappa shape index (κ2) is 16.1. The van der Waals surface area contributed by atoms with Gasteiger partial charge in [0.15, 0.2) is 0 Å². The molecule has 0 N–H and O–H groups in total. The van der Waals surface area contributed by atoms with Crippen molar-refractivity contribution in [1.82, 2.24) is 0 Å². The molecule has 72 heavy (non-hydrogen) atoms. The van der Waals surface area contributed by atoms with Crippen molar-refractivity contribution in [1.29, 1.82) is 0 Å². The van der Waals surface area contributed by atoms with E-state index in [1.54, 1.807) is 0 Å². The van der Waals surface area contributed by atoms with Crippen LogP contribution in [0.5, 0.6) is 0 Å². The summed E-state index contributed by atoms with van der Waals surface area (Å²) in [5.74, 6) is 0. The molecule has 3 aliphatic carbocycles. The van der Waals surface area contributed by atoms with Crippen LogP contribution in [0.1, 0.15) is 69.5 Å². The largest absolute Gasteiger partial charge is 0.310 e. The minimum atomic E-state index is -0.540. The van der Waals surface area contributed by atoms with E-state index in [0.29, 0.717) is 0 Å². The fourth-order valence-corrected chi connectivity index (χ4v) is 13.4. The number of benzene rings is 11. The molecule has 0 atom stereocenters. The third-order valence-corrected chi connectivity index (χ3v) is 16.4. The van der Waals surface area contributed by atoms with Crippen molar-refractivity contribution in [3.05, 3.63) is 329 Å². The summed E-state index contributed by atoms with van der Waals surface area (Å²) in [6, 6.07) is 102. The highest BCUT2D eigenvalue weighted by atomic mass is 15.1. The maximum atomic E-state index is 2.52. The lowest BCUT2D eigenvalue weighted by Crippen LogP contribution is -2.28. The minimum absolute atomic E-state index is 0.104. The highest BCUT2D eigenvalue weighted by Crippen LogP contribution is 2.61. The first-order valence-electron chi connectivity index (χ1n) is 25.3. The van der Waals surface area contributed by atoms with Gasteiger partial charge in [-0.05, 0) is 131 Å². The Bertz CT molecular complexity index is 3800. The minimum Gasteiger partial charge on any atom is -0.310 e. The third-order valence-electron chi connectivity index (χ3n) is 16.4. The Hall–Kier alpha value is -8.78. The summed E-state index contributed by atoms with van der Waals surface area (Å²) in [4.78, 5) is 2.52. The second-order valence-corrected chi connectivity index (χ2v) is 20.3. The molecule has 1 nitrogen and oxygen atoms in total. The lowest BCUT2D eigenvalue weighted by molar-refractivity contribution is 0.660. The Morgan fingerprint density at radius 2 is 0.681 bits per heavy atom. The van der Waals surface area contributed by atoms with Crippen LogP contribution in [0, 0.1) is 0 Å². The summed E-state index contributed by atoms with van der Waals surface area (Å²) in [6.07, 6.45) is 0. The Labute approximate surface area is 423 Å². The Balaban J connectivity index is 1.00. The first-order valence-corrected chi connectivity index (χ1v) is 25.3. The van der Waals surface area contributed by atoms with Crippen LogP contribution in [-0.4, -0.2) is 0 Å². The molecule has 1 heteroatoms. The molecular weight excluding hydrogens is 867 g/mol. The zero-order valence-electron chi connectivity index (χ0n) is 40.4. The van der Waals surface area contributed by atoms with Crippen LogP contribution >= 0.6 is 0 Å². The molecule has 0 unspecified atom stereocenters. The molecule has 0 fully saturated rings. The van der Waals surface area contributed by atoms with Gasteiger partial charge >= 0.3 is 0 Å². The van der Waals surface area contributed by atoms with Gasteiger partial charge in [-0.2, -0.15) is 0 Å². The van der Waals surface area contributed by atoms with Gasteiger partial charge in [0.25, 0.3) is 0 Å². The van der Waals surface area contributed by atoms with Crippen LogP contribution in [0.15, 0.2) is 273 Å².